The maximum atomic E-state index is 11.8. The number of benzene rings is 1. The Morgan fingerprint density at radius 1 is 1.14 bits per heavy atom. The number of carbonyl (C=O) groups excluding carboxylic acids is 1. The number of furan rings is 1. The van der Waals surface area contributed by atoms with Crippen molar-refractivity contribution >= 4 is 41.7 Å². The largest absolute Gasteiger partial charge is 0.467 e. The lowest BCUT2D eigenvalue weighted by Crippen LogP contribution is -2.38. The maximum absolute atomic E-state index is 11.8. The van der Waals surface area contributed by atoms with Crippen molar-refractivity contribution in [1.82, 2.24) is 10.6 Å². The van der Waals surface area contributed by atoms with E-state index in [-0.39, 0.29) is 24.0 Å². The van der Waals surface area contributed by atoms with Crippen LogP contribution in [-0.4, -0.2) is 30.7 Å². The van der Waals surface area contributed by atoms with E-state index in [0.29, 0.717) is 12.2 Å². The zero-order valence-electron chi connectivity index (χ0n) is 17.5. The molecule has 1 heterocycles. The number of amides is 1. The van der Waals surface area contributed by atoms with Crippen LogP contribution in [0.1, 0.15) is 39.0 Å². The Morgan fingerprint density at radius 3 is 2.45 bits per heavy atom. The molecule has 0 unspecified atom stereocenters. The molecule has 0 bridgehead atoms. The van der Waals surface area contributed by atoms with Crippen LogP contribution < -0.4 is 16.0 Å². The quantitative estimate of drug-likeness (QED) is 0.287. The zero-order valence-corrected chi connectivity index (χ0v) is 19.8. The first kappa shape index (κ1) is 24.8. The summed E-state index contributed by atoms with van der Waals surface area (Å²) in [5, 5.41) is 9.26. The van der Waals surface area contributed by atoms with Crippen LogP contribution in [0.4, 0.5) is 10.5 Å². The summed E-state index contributed by atoms with van der Waals surface area (Å²) in [6.45, 7) is 9.55. The van der Waals surface area contributed by atoms with Crippen LogP contribution in [0.3, 0.4) is 0 Å². The Kier molecular flexibility index (Phi) is 10.6. The van der Waals surface area contributed by atoms with Gasteiger partial charge in [-0.1, -0.05) is 12.1 Å². The SMILES string of the molecule is CCNC(=NCc1ccco1)NCCc1ccc(NC(=O)OC(C)(C)C)cc1.I. The number of halogens is 1. The third-order valence-corrected chi connectivity index (χ3v) is 3.62. The monoisotopic (exact) mass is 514 g/mol. The van der Waals surface area contributed by atoms with Crippen molar-refractivity contribution in [3.63, 3.8) is 0 Å². The number of rotatable bonds is 7. The van der Waals surface area contributed by atoms with E-state index in [1.807, 2.05) is 64.1 Å². The first-order valence-corrected chi connectivity index (χ1v) is 9.49. The van der Waals surface area contributed by atoms with Crippen molar-refractivity contribution in [2.45, 2.75) is 46.3 Å². The van der Waals surface area contributed by atoms with E-state index in [4.69, 9.17) is 9.15 Å². The number of carbonyl (C=O) groups is 1. The van der Waals surface area contributed by atoms with Crippen molar-refractivity contribution in [1.29, 1.82) is 0 Å². The molecule has 0 radical (unpaired) electrons. The molecule has 29 heavy (non-hydrogen) atoms. The Bertz CT molecular complexity index is 753. The highest BCUT2D eigenvalue weighted by Gasteiger charge is 2.16. The molecule has 0 atom stereocenters. The normalized spacial score (nSPS) is 11.4. The molecule has 0 aliphatic carbocycles. The number of hydrogen-bond acceptors (Lipinski definition) is 4. The predicted molar refractivity (Wildman–Crippen MR) is 127 cm³/mol. The number of aliphatic imine (C=N–C) groups is 1. The number of hydrogen-bond donors (Lipinski definition) is 3. The molecule has 2 rings (SSSR count). The molecule has 1 amide bonds. The Morgan fingerprint density at radius 2 is 1.86 bits per heavy atom. The summed E-state index contributed by atoms with van der Waals surface area (Å²) in [6.07, 6.45) is 2.02. The number of nitrogens with one attached hydrogen (secondary N) is 3. The molecule has 1 aromatic heterocycles. The Balaban J connectivity index is 0.00000420. The summed E-state index contributed by atoms with van der Waals surface area (Å²) < 4.78 is 10.5. The van der Waals surface area contributed by atoms with Crippen LogP contribution >= 0.6 is 24.0 Å². The first-order chi connectivity index (χ1) is 13.4. The molecule has 160 valence electrons. The van der Waals surface area contributed by atoms with Gasteiger partial charge >= 0.3 is 6.09 Å². The summed E-state index contributed by atoms with van der Waals surface area (Å²) in [5.41, 5.74) is 1.35. The van der Waals surface area contributed by atoms with Gasteiger partial charge < -0.3 is 19.8 Å². The van der Waals surface area contributed by atoms with Gasteiger partial charge in [0, 0.05) is 18.8 Å². The molecule has 3 N–H and O–H groups in total. The zero-order chi connectivity index (χ0) is 20.4. The lowest BCUT2D eigenvalue weighted by molar-refractivity contribution is 0.0636. The molecule has 0 aliphatic rings. The topological polar surface area (TPSA) is 87.9 Å². The van der Waals surface area contributed by atoms with E-state index < -0.39 is 11.7 Å². The standard InChI is InChI=1S/C21H30N4O3.HI/c1-5-22-19(24-15-18-7-6-14-27-18)23-13-12-16-8-10-17(11-9-16)25-20(26)28-21(2,3)4;/h6-11,14H,5,12-13,15H2,1-4H3,(H,25,26)(H2,22,23,24);1H. The van der Waals surface area contributed by atoms with Crippen molar-refractivity contribution in [2.75, 3.05) is 18.4 Å². The highest BCUT2D eigenvalue weighted by molar-refractivity contribution is 14.0. The summed E-state index contributed by atoms with van der Waals surface area (Å²) in [6, 6.07) is 11.5. The van der Waals surface area contributed by atoms with Gasteiger partial charge in [0.05, 0.1) is 6.26 Å². The van der Waals surface area contributed by atoms with Gasteiger partial charge in [-0.3, -0.25) is 5.32 Å². The summed E-state index contributed by atoms with van der Waals surface area (Å²) in [7, 11) is 0. The molecular weight excluding hydrogens is 483 g/mol. The van der Waals surface area contributed by atoms with Crippen molar-refractivity contribution in [2.24, 2.45) is 4.99 Å². The van der Waals surface area contributed by atoms with Gasteiger partial charge in [-0.15, -0.1) is 24.0 Å². The summed E-state index contributed by atoms with van der Waals surface area (Å²) in [5.74, 6) is 1.58. The second-order valence-electron chi connectivity index (χ2n) is 7.28. The second-order valence-corrected chi connectivity index (χ2v) is 7.28. The van der Waals surface area contributed by atoms with Crippen LogP contribution in [-0.2, 0) is 17.7 Å². The fourth-order valence-electron chi connectivity index (χ4n) is 2.40. The molecule has 8 heteroatoms. The number of ether oxygens (including phenoxy) is 1. The molecule has 0 fully saturated rings. The molecule has 0 aliphatic heterocycles. The number of guanidine groups is 1. The Labute approximate surface area is 189 Å². The smallest absolute Gasteiger partial charge is 0.412 e. The average molecular weight is 514 g/mol. The minimum atomic E-state index is -0.515. The molecule has 1 aromatic carbocycles. The fraction of sp³-hybridized carbons (Fsp3) is 0.429. The van der Waals surface area contributed by atoms with Gasteiger partial charge in [-0.2, -0.15) is 0 Å². The van der Waals surface area contributed by atoms with Crippen LogP contribution in [0.2, 0.25) is 0 Å². The van der Waals surface area contributed by atoms with E-state index in [1.165, 1.54) is 0 Å². The number of nitrogens with zero attached hydrogens (tertiary/aromatic N) is 1. The highest BCUT2D eigenvalue weighted by Crippen LogP contribution is 2.13. The van der Waals surface area contributed by atoms with Crippen LogP contribution in [0.5, 0.6) is 0 Å². The molecule has 0 spiro atoms. The van der Waals surface area contributed by atoms with Gasteiger partial charge in [0.25, 0.3) is 0 Å². The first-order valence-electron chi connectivity index (χ1n) is 9.49. The van der Waals surface area contributed by atoms with E-state index in [0.717, 1.165) is 36.8 Å². The molecule has 2 aromatic rings. The van der Waals surface area contributed by atoms with Crippen molar-refractivity contribution in [3.05, 3.63) is 54.0 Å². The summed E-state index contributed by atoms with van der Waals surface area (Å²) in [4.78, 5) is 16.3. The predicted octanol–water partition coefficient (Wildman–Crippen LogP) is 4.54. The van der Waals surface area contributed by atoms with E-state index >= 15 is 0 Å². The Hall–Kier alpha value is -2.23. The van der Waals surface area contributed by atoms with Gasteiger partial charge in [0.15, 0.2) is 5.96 Å². The van der Waals surface area contributed by atoms with Crippen LogP contribution in [0.15, 0.2) is 52.1 Å². The van der Waals surface area contributed by atoms with Gasteiger partial charge in [0.2, 0.25) is 0 Å². The van der Waals surface area contributed by atoms with E-state index in [2.05, 4.69) is 20.9 Å². The van der Waals surface area contributed by atoms with E-state index in [1.54, 1.807) is 6.26 Å². The van der Waals surface area contributed by atoms with Crippen LogP contribution in [0, 0.1) is 0 Å². The maximum Gasteiger partial charge on any atom is 0.412 e. The van der Waals surface area contributed by atoms with Gasteiger partial charge in [0.1, 0.15) is 17.9 Å². The average Bonchev–Trinajstić information content (AvgIpc) is 3.13. The minimum Gasteiger partial charge on any atom is -0.467 e. The minimum absolute atomic E-state index is 0. The summed E-state index contributed by atoms with van der Waals surface area (Å²) >= 11 is 0. The van der Waals surface area contributed by atoms with E-state index in [9.17, 15) is 4.79 Å². The molecule has 0 saturated heterocycles. The molecule has 0 saturated carbocycles. The molecule has 7 nitrogen and oxygen atoms in total. The third-order valence-electron chi connectivity index (χ3n) is 3.62. The van der Waals surface area contributed by atoms with Crippen molar-refractivity contribution < 1.29 is 13.9 Å². The number of anilines is 1. The fourth-order valence-corrected chi connectivity index (χ4v) is 2.40. The highest BCUT2D eigenvalue weighted by atomic mass is 127. The third kappa shape index (κ3) is 10.2. The van der Waals surface area contributed by atoms with Crippen molar-refractivity contribution in [3.8, 4) is 0 Å². The van der Waals surface area contributed by atoms with Crippen LogP contribution in [0.25, 0.3) is 0 Å². The second kappa shape index (κ2) is 12.4. The lowest BCUT2D eigenvalue weighted by atomic mass is 10.1. The lowest BCUT2D eigenvalue weighted by Gasteiger charge is -2.19. The van der Waals surface area contributed by atoms with Gasteiger partial charge in [-0.25, -0.2) is 9.79 Å². The molecular formula is C21H31IN4O3. The van der Waals surface area contributed by atoms with Gasteiger partial charge in [-0.05, 0) is 63.9 Å².